The summed E-state index contributed by atoms with van der Waals surface area (Å²) in [5.41, 5.74) is 0.523. The largest absolute Gasteiger partial charge is 0.490 e. The third-order valence-electron chi connectivity index (χ3n) is 2.69. The molecule has 0 atom stereocenters. The van der Waals surface area contributed by atoms with Gasteiger partial charge in [-0.05, 0) is 20.8 Å². The standard InChI is InChI=1S/C16H23N3O4/c1-4-21-13-10-12(19-16(20)18-9-7-8-17)11-14(22-5-2)15(13)23-6-3/h10-11H,4-7,9H2,1-3H3,(H2,18,19,20). The second-order valence-electron chi connectivity index (χ2n) is 4.39. The minimum atomic E-state index is -0.394. The van der Waals surface area contributed by atoms with Crippen LogP contribution >= 0.6 is 0 Å². The van der Waals surface area contributed by atoms with E-state index in [1.54, 1.807) is 12.1 Å². The number of nitriles is 1. The first-order valence-corrected chi connectivity index (χ1v) is 7.64. The second-order valence-corrected chi connectivity index (χ2v) is 4.39. The van der Waals surface area contributed by atoms with Gasteiger partial charge in [0.15, 0.2) is 11.5 Å². The fraction of sp³-hybridized carbons (Fsp3) is 0.500. The fourth-order valence-corrected chi connectivity index (χ4v) is 1.87. The normalized spacial score (nSPS) is 9.65. The molecule has 0 aliphatic rings. The number of urea groups is 1. The summed E-state index contributed by atoms with van der Waals surface area (Å²) >= 11 is 0. The summed E-state index contributed by atoms with van der Waals surface area (Å²) in [6, 6.07) is 4.93. The van der Waals surface area contributed by atoms with Gasteiger partial charge in [-0.15, -0.1) is 0 Å². The third-order valence-corrected chi connectivity index (χ3v) is 2.69. The van der Waals surface area contributed by atoms with Crippen LogP contribution in [0.1, 0.15) is 27.2 Å². The van der Waals surface area contributed by atoms with Crippen LogP contribution in [0.5, 0.6) is 17.2 Å². The monoisotopic (exact) mass is 321 g/mol. The number of nitrogens with one attached hydrogen (secondary N) is 2. The van der Waals surface area contributed by atoms with Gasteiger partial charge in [-0.2, -0.15) is 5.26 Å². The van der Waals surface area contributed by atoms with E-state index in [-0.39, 0.29) is 13.0 Å². The van der Waals surface area contributed by atoms with E-state index in [2.05, 4.69) is 10.6 Å². The number of nitrogens with zero attached hydrogens (tertiary/aromatic N) is 1. The van der Waals surface area contributed by atoms with Gasteiger partial charge in [0.25, 0.3) is 0 Å². The molecule has 0 bridgehead atoms. The van der Waals surface area contributed by atoms with Crippen LogP contribution in [0.4, 0.5) is 10.5 Å². The van der Waals surface area contributed by atoms with E-state index in [1.165, 1.54) is 0 Å². The molecule has 7 nitrogen and oxygen atoms in total. The van der Waals surface area contributed by atoms with Crippen LogP contribution < -0.4 is 24.8 Å². The lowest BCUT2D eigenvalue weighted by Crippen LogP contribution is -2.29. The molecule has 1 aromatic rings. The fourth-order valence-electron chi connectivity index (χ4n) is 1.87. The molecule has 0 unspecified atom stereocenters. The first-order valence-electron chi connectivity index (χ1n) is 7.64. The Balaban J connectivity index is 2.98. The number of carbonyl (C=O) groups is 1. The van der Waals surface area contributed by atoms with Gasteiger partial charge in [-0.25, -0.2) is 4.79 Å². The van der Waals surface area contributed by atoms with Crippen LogP contribution in [0.3, 0.4) is 0 Å². The molecule has 0 heterocycles. The van der Waals surface area contributed by atoms with Gasteiger partial charge in [0.1, 0.15) is 0 Å². The van der Waals surface area contributed by atoms with Crippen molar-refractivity contribution in [1.82, 2.24) is 5.32 Å². The number of amides is 2. The van der Waals surface area contributed by atoms with E-state index in [1.807, 2.05) is 26.8 Å². The lowest BCUT2D eigenvalue weighted by atomic mass is 10.2. The van der Waals surface area contributed by atoms with Gasteiger partial charge in [0.05, 0.1) is 38.0 Å². The zero-order valence-electron chi connectivity index (χ0n) is 13.8. The van der Waals surface area contributed by atoms with Crippen molar-refractivity contribution in [3.63, 3.8) is 0 Å². The Kier molecular flexibility index (Phi) is 8.14. The topological polar surface area (TPSA) is 92.6 Å². The van der Waals surface area contributed by atoms with Crippen molar-refractivity contribution < 1.29 is 19.0 Å². The van der Waals surface area contributed by atoms with Crippen molar-refractivity contribution in [3.05, 3.63) is 12.1 Å². The van der Waals surface area contributed by atoms with Gasteiger partial charge < -0.3 is 24.8 Å². The van der Waals surface area contributed by atoms with E-state index in [0.29, 0.717) is 42.8 Å². The van der Waals surface area contributed by atoms with E-state index >= 15 is 0 Å². The maximum atomic E-state index is 11.8. The minimum Gasteiger partial charge on any atom is -0.490 e. The van der Waals surface area contributed by atoms with E-state index in [0.717, 1.165) is 0 Å². The second kappa shape index (κ2) is 10.2. The highest BCUT2D eigenvalue weighted by Crippen LogP contribution is 2.40. The lowest BCUT2D eigenvalue weighted by Gasteiger charge is -2.17. The summed E-state index contributed by atoms with van der Waals surface area (Å²) in [6.07, 6.45) is 0.255. The summed E-state index contributed by atoms with van der Waals surface area (Å²) in [5, 5.41) is 13.8. The smallest absolute Gasteiger partial charge is 0.319 e. The first kappa shape index (κ1) is 18.4. The molecular formula is C16H23N3O4. The van der Waals surface area contributed by atoms with Crippen LogP contribution in [0.25, 0.3) is 0 Å². The average molecular weight is 321 g/mol. The molecule has 23 heavy (non-hydrogen) atoms. The van der Waals surface area contributed by atoms with Crippen molar-refractivity contribution >= 4 is 11.7 Å². The zero-order chi connectivity index (χ0) is 17.1. The summed E-state index contributed by atoms with van der Waals surface area (Å²) in [5.74, 6) is 1.53. The maximum Gasteiger partial charge on any atom is 0.319 e. The minimum absolute atomic E-state index is 0.255. The number of benzene rings is 1. The Hall–Kier alpha value is -2.62. The quantitative estimate of drug-likeness (QED) is 0.682. The van der Waals surface area contributed by atoms with E-state index in [4.69, 9.17) is 19.5 Å². The first-order chi connectivity index (χ1) is 11.2. The van der Waals surface area contributed by atoms with Crippen molar-refractivity contribution in [2.45, 2.75) is 27.2 Å². The van der Waals surface area contributed by atoms with Gasteiger partial charge in [-0.3, -0.25) is 0 Å². The van der Waals surface area contributed by atoms with Crippen molar-refractivity contribution in [2.75, 3.05) is 31.7 Å². The third kappa shape index (κ3) is 5.94. The molecule has 0 saturated carbocycles. The van der Waals surface area contributed by atoms with Gasteiger partial charge in [-0.1, -0.05) is 0 Å². The molecule has 0 spiro atoms. The highest BCUT2D eigenvalue weighted by atomic mass is 16.5. The zero-order valence-corrected chi connectivity index (χ0v) is 13.8. The van der Waals surface area contributed by atoms with Crippen molar-refractivity contribution in [1.29, 1.82) is 5.26 Å². The summed E-state index contributed by atoms with van der Waals surface area (Å²) in [4.78, 5) is 11.8. The number of hydrogen-bond acceptors (Lipinski definition) is 5. The van der Waals surface area contributed by atoms with Crippen LogP contribution in [0.2, 0.25) is 0 Å². The highest BCUT2D eigenvalue weighted by molar-refractivity contribution is 5.90. The van der Waals surface area contributed by atoms with Crippen molar-refractivity contribution in [2.24, 2.45) is 0 Å². The Labute approximate surface area is 136 Å². The molecule has 0 saturated heterocycles. The molecule has 126 valence electrons. The Morgan fingerprint density at radius 3 is 2.13 bits per heavy atom. The molecule has 2 N–H and O–H groups in total. The Morgan fingerprint density at radius 2 is 1.65 bits per heavy atom. The maximum absolute atomic E-state index is 11.8. The molecule has 7 heteroatoms. The number of rotatable bonds is 9. The molecule has 0 aromatic heterocycles. The molecule has 0 radical (unpaired) electrons. The molecule has 0 aliphatic heterocycles. The molecule has 1 rings (SSSR count). The van der Waals surface area contributed by atoms with Gasteiger partial charge in [0, 0.05) is 18.7 Å². The predicted octanol–water partition coefficient (Wildman–Crippen LogP) is 2.92. The molecular weight excluding hydrogens is 298 g/mol. The van der Waals surface area contributed by atoms with Crippen LogP contribution in [-0.4, -0.2) is 32.4 Å². The number of anilines is 1. The lowest BCUT2D eigenvalue weighted by molar-refractivity contribution is 0.252. The van der Waals surface area contributed by atoms with Crippen LogP contribution in [0, 0.1) is 11.3 Å². The molecule has 0 fully saturated rings. The number of hydrogen-bond donors (Lipinski definition) is 2. The van der Waals surface area contributed by atoms with Crippen LogP contribution in [0.15, 0.2) is 12.1 Å². The molecule has 1 aromatic carbocycles. The van der Waals surface area contributed by atoms with Crippen molar-refractivity contribution in [3.8, 4) is 23.3 Å². The molecule has 2 amide bonds. The Morgan fingerprint density at radius 1 is 1.09 bits per heavy atom. The molecule has 0 aliphatic carbocycles. The SMILES string of the molecule is CCOc1cc(NC(=O)NCCC#N)cc(OCC)c1OCC. The van der Waals surface area contributed by atoms with E-state index in [9.17, 15) is 4.79 Å². The summed E-state index contributed by atoms with van der Waals surface area (Å²) < 4.78 is 16.8. The van der Waals surface area contributed by atoms with Gasteiger partial charge >= 0.3 is 6.03 Å². The van der Waals surface area contributed by atoms with Gasteiger partial charge in [0.2, 0.25) is 5.75 Å². The summed E-state index contributed by atoms with van der Waals surface area (Å²) in [7, 11) is 0. The van der Waals surface area contributed by atoms with E-state index < -0.39 is 6.03 Å². The van der Waals surface area contributed by atoms with Crippen LogP contribution in [-0.2, 0) is 0 Å². The Bertz CT molecular complexity index is 528. The number of carbonyl (C=O) groups excluding carboxylic acids is 1. The average Bonchev–Trinajstić information content (AvgIpc) is 2.51. The highest BCUT2D eigenvalue weighted by Gasteiger charge is 2.16. The number of ether oxygens (including phenoxy) is 3. The predicted molar refractivity (Wildman–Crippen MR) is 87.2 cm³/mol. The summed E-state index contributed by atoms with van der Waals surface area (Å²) in [6.45, 7) is 7.29.